The molecule has 1 aromatic carbocycles. The summed E-state index contributed by atoms with van der Waals surface area (Å²) in [6.45, 7) is 1.41. The van der Waals surface area contributed by atoms with Gasteiger partial charge in [0.25, 0.3) is 0 Å². The molecule has 0 atom stereocenters. The maximum atomic E-state index is 12.9. The van der Waals surface area contributed by atoms with Crippen molar-refractivity contribution in [1.29, 1.82) is 0 Å². The summed E-state index contributed by atoms with van der Waals surface area (Å²) in [5.41, 5.74) is 2.76. The molecule has 4 nitrogen and oxygen atoms in total. The largest absolute Gasteiger partial charge is 0.362 e. The van der Waals surface area contributed by atoms with Crippen LogP contribution in [0.25, 0.3) is 11.1 Å². The molecule has 0 aliphatic carbocycles. The molecule has 1 aliphatic heterocycles. The summed E-state index contributed by atoms with van der Waals surface area (Å²) in [6, 6.07) is 15.2. The van der Waals surface area contributed by atoms with Gasteiger partial charge in [0.2, 0.25) is 5.78 Å². The number of carbonyl (C=O) groups excluding carboxylic acids is 2. The lowest BCUT2D eigenvalue weighted by atomic mass is 10.0. The van der Waals surface area contributed by atoms with Gasteiger partial charge in [0.1, 0.15) is 5.78 Å². The number of nitrogens with zero attached hydrogens (tertiary/aromatic N) is 2. The molecule has 26 heavy (non-hydrogen) atoms. The first-order valence-electron chi connectivity index (χ1n) is 8.63. The Kier molecular flexibility index (Phi) is 4.63. The summed E-state index contributed by atoms with van der Waals surface area (Å²) in [6.07, 6.45) is 4.65. The summed E-state index contributed by atoms with van der Waals surface area (Å²) in [4.78, 5) is 31.5. The van der Waals surface area contributed by atoms with Crippen molar-refractivity contribution in [3.8, 4) is 11.1 Å². The number of aromatic nitrogens is 1. The van der Waals surface area contributed by atoms with Crippen molar-refractivity contribution in [2.24, 2.45) is 0 Å². The molecule has 3 aromatic rings. The zero-order valence-electron chi connectivity index (χ0n) is 14.2. The number of hydrogen-bond donors (Lipinski definition) is 0. The molecule has 2 aromatic heterocycles. The first kappa shape index (κ1) is 16.7. The van der Waals surface area contributed by atoms with E-state index in [0.29, 0.717) is 37.3 Å². The van der Waals surface area contributed by atoms with Crippen LogP contribution in [-0.4, -0.2) is 29.6 Å². The number of rotatable bonds is 4. The van der Waals surface area contributed by atoms with Crippen molar-refractivity contribution in [2.75, 3.05) is 18.0 Å². The van der Waals surface area contributed by atoms with Gasteiger partial charge in [-0.1, -0.05) is 30.3 Å². The first-order chi connectivity index (χ1) is 12.7. The molecule has 4 rings (SSSR count). The van der Waals surface area contributed by atoms with Crippen LogP contribution in [0.1, 0.15) is 28.1 Å². The number of benzene rings is 1. The zero-order chi connectivity index (χ0) is 17.9. The van der Waals surface area contributed by atoms with Crippen LogP contribution in [0.2, 0.25) is 0 Å². The molecule has 0 amide bonds. The van der Waals surface area contributed by atoms with Gasteiger partial charge >= 0.3 is 0 Å². The molecule has 0 unspecified atom stereocenters. The molecule has 5 heteroatoms. The lowest BCUT2D eigenvalue weighted by Gasteiger charge is -2.27. The number of carbonyl (C=O) groups is 2. The second kappa shape index (κ2) is 7.22. The maximum Gasteiger partial charge on any atom is 0.203 e. The highest BCUT2D eigenvalue weighted by atomic mass is 32.1. The number of thiophene rings is 1. The molecule has 0 radical (unpaired) electrons. The van der Waals surface area contributed by atoms with Crippen LogP contribution in [0.3, 0.4) is 0 Å². The van der Waals surface area contributed by atoms with Crippen molar-refractivity contribution in [2.45, 2.75) is 12.8 Å². The minimum atomic E-state index is 0.0326. The van der Waals surface area contributed by atoms with Crippen molar-refractivity contribution in [3.63, 3.8) is 0 Å². The van der Waals surface area contributed by atoms with E-state index < -0.39 is 0 Å². The van der Waals surface area contributed by atoms with Gasteiger partial charge in [0, 0.05) is 49.5 Å². The summed E-state index contributed by atoms with van der Waals surface area (Å²) in [5.74, 6) is 0.342. The second-order valence-corrected chi connectivity index (χ2v) is 7.32. The summed E-state index contributed by atoms with van der Waals surface area (Å²) < 4.78 is 0. The Labute approximate surface area is 156 Å². The zero-order valence-corrected chi connectivity index (χ0v) is 15.0. The average molecular weight is 362 g/mol. The van der Waals surface area contributed by atoms with E-state index in [0.717, 1.165) is 21.0 Å². The van der Waals surface area contributed by atoms with Gasteiger partial charge in [-0.15, -0.1) is 11.3 Å². The van der Waals surface area contributed by atoms with Gasteiger partial charge < -0.3 is 4.90 Å². The molecule has 3 heterocycles. The first-order valence-corrected chi connectivity index (χ1v) is 9.44. The lowest BCUT2D eigenvalue weighted by Crippen LogP contribution is -2.33. The number of piperidine rings is 1. The number of Topliss-reactive ketones (excluding diaryl/α,β-unsaturated/α-hetero) is 1. The molecule has 1 saturated heterocycles. The van der Waals surface area contributed by atoms with E-state index in [4.69, 9.17) is 0 Å². The highest BCUT2D eigenvalue weighted by molar-refractivity contribution is 7.18. The monoisotopic (exact) mass is 362 g/mol. The standard InChI is InChI=1S/C21H18N2O2S/c24-17-8-12-23(13-9-17)21-18(15-6-10-22-11-7-15)14-19(26-21)20(25)16-4-2-1-3-5-16/h1-7,10-11,14H,8-9,12-13H2. The smallest absolute Gasteiger partial charge is 0.203 e. The Morgan fingerprint density at radius 1 is 1.00 bits per heavy atom. The fourth-order valence-corrected chi connectivity index (χ4v) is 4.35. The van der Waals surface area contributed by atoms with Gasteiger partial charge in [0.05, 0.1) is 9.88 Å². The van der Waals surface area contributed by atoms with E-state index in [2.05, 4.69) is 9.88 Å². The molecule has 130 valence electrons. The SMILES string of the molecule is O=C1CCN(c2sc(C(=O)c3ccccc3)cc2-c2ccncc2)CC1. The predicted molar refractivity (Wildman–Crippen MR) is 104 cm³/mol. The van der Waals surface area contributed by atoms with Gasteiger partial charge in [-0.05, 0) is 23.8 Å². The number of ketones is 2. The lowest BCUT2D eigenvalue weighted by molar-refractivity contribution is -0.119. The van der Waals surface area contributed by atoms with E-state index >= 15 is 0 Å². The van der Waals surface area contributed by atoms with E-state index in [1.165, 1.54) is 11.3 Å². The average Bonchev–Trinajstić information content (AvgIpc) is 3.15. The fraction of sp³-hybridized carbons (Fsp3) is 0.190. The Bertz CT molecular complexity index is 925. The molecule has 1 fully saturated rings. The number of pyridine rings is 1. The minimum Gasteiger partial charge on any atom is -0.362 e. The van der Waals surface area contributed by atoms with Crippen molar-refractivity contribution in [3.05, 3.63) is 71.4 Å². The van der Waals surface area contributed by atoms with Crippen LogP contribution >= 0.6 is 11.3 Å². The highest BCUT2D eigenvalue weighted by Crippen LogP contribution is 2.40. The third-order valence-electron chi connectivity index (χ3n) is 4.57. The molecule has 0 N–H and O–H groups in total. The molecular weight excluding hydrogens is 344 g/mol. The third-order valence-corrected chi connectivity index (χ3v) is 5.77. The topological polar surface area (TPSA) is 50.3 Å². The molecule has 0 saturated carbocycles. The third kappa shape index (κ3) is 3.30. The van der Waals surface area contributed by atoms with Crippen LogP contribution in [-0.2, 0) is 4.79 Å². The Hall–Kier alpha value is -2.79. The van der Waals surface area contributed by atoms with Crippen LogP contribution in [0, 0.1) is 0 Å². The summed E-state index contributed by atoms with van der Waals surface area (Å²) in [5, 5.41) is 1.06. The predicted octanol–water partition coefficient (Wildman–Crippen LogP) is 4.21. The van der Waals surface area contributed by atoms with Crippen LogP contribution < -0.4 is 4.90 Å². The van der Waals surface area contributed by atoms with Crippen LogP contribution in [0.5, 0.6) is 0 Å². The van der Waals surface area contributed by atoms with E-state index in [1.54, 1.807) is 12.4 Å². The highest BCUT2D eigenvalue weighted by Gasteiger charge is 2.24. The normalized spacial score (nSPS) is 14.5. The summed E-state index contributed by atoms with van der Waals surface area (Å²) >= 11 is 1.51. The molecular formula is C21H18N2O2S. The van der Waals surface area contributed by atoms with Gasteiger partial charge in [-0.25, -0.2) is 0 Å². The van der Waals surface area contributed by atoms with Gasteiger partial charge in [-0.2, -0.15) is 0 Å². The van der Waals surface area contributed by atoms with E-state index in [-0.39, 0.29) is 5.78 Å². The number of hydrogen-bond acceptors (Lipinski definition) is 5. The van der Waals surface area contributed by atoms with E-state index in [1.807, 2.05) is 48.5 Å². The quantitative estimate of drug-likeness (QED) is 0.653. The van der Waals surface area contributed by atoms with Crippen LogP contribution in [0.15, 0.2) is 60.9 Å². The molecule has 0 spiro atoms. The summed E-state index contributed by atoms with van der Waals surface area (Å²) in [7, 11) is 0. The van der Waals surface area contributed by atoms with Crippen molar-refractivity contribution >= 4 is 27.9 Å². The van der Waals surface area contributed by atoms with Gasteiger partial charge in [0.15, 0.2) is 0 Å². The fourth-order valence-electron chi connectivity index (χ4n) is 3.16. The van der Waals surface area contributed by atoms with Gasteiger partial charge in [-0.3, -0.25) is 14.6 Å². The minimum absolute atomic E-state index is 0.0326. The van der Waals surface area contributed by atoms with Crippen molar-refractivity contribution in [1.82, 2.24) is 4.98 Å². The van der Waals surface area contributed by atoms with Crippen molar-refractivity contribution < 1.29 is 9.59 Å². The Balaban J connectivity index is 1.75. The second-order valence-electron chi connectivity index (χ2n) is 6.29. The molecule has 1 aliphatic rings. The number of anilines is 1. The Morgan fingerprint density at radius 2 is 1.69 bits per heavy atom. The Morgan fingerprint density at radius 3 is 2.38 bits per heavy atom. The maximum absolute atomic E-state index is 12.9. The van der Waals surface area contributed by atoms with E-state index in [9.17, 15) is 9.59 Å². The molecule has 0 bridgehead atoms. The van der Waals surface area contributed by atoms with Crippen LogP contribution in [0.4, 0.5) is 5.00 Å².